The third-order valence-corrected chi connectivity index (χ3v) is 4.36. The minimum atomic E-state index is -0.204. The first-order valence-corrected chi connectivity index (χ1v) is 8.49. The highest BCUT2D eigenvalue weighted by Gasteiger charge is 2.34. The van der Waals surface area contributed by atoms with Crippen molar-refractivity contribution in [3.05, 3.63) is 54.8 Å². The first kappa shape index (κ1) is 16.6. The molecule has 4 rings (SSSR count). The molecule has 0 saturated carbocycles. The highest BCUT2D eigenvalue weighted by atomic mass is 16.5. The van der Waals surface area contributed by atoms with E-state index in [0.29, 0.717) is 29.9 Å². The van der Waals surface area contributed by atoms with Crippen LogP contribution in [0.25, 0.3) is 0 Å². The number of hydrogen-bond donors (Lipinski definition) is 0. The summed E-state index contributed by atoms with van der Waals surface area (Å²) in [6, 6.07) is 7.43. The van der Waals surface area contributed by atoms with E-state index < -0.39 is 0 Å². The maximum absolute atomic E-state index is 5.82. The second kappa shape index (κ2) is 7.57. The van der Waals surface area contributed by atoms with Gasteiger partial charge in [0.2, 0.25) is 5.89 Å². The number of nitrogens with zero attached hydrogens (tertiary/aromatic N) is 4. The van der Waals surface area contributed by atoms with Crippen LogP contribution in [0.1, 0.15) is 24.3 Å². The molecule has 0 spiro atoms. The molecule has 0 unspecified atom stereocenters. The summed E-state index contributed by atoms with van der Waals surface area (Å²) in [4.78, 5) is 4.08. The molecule has 1 aliphatic heterocycles. The summed E-state index contributed by atoms with van der Waals surface area (Å²) in [5, 5.41) is 8.24. The van der Waals surface area contributed by atoms with E-state index in [1.165, 1.54) is 0 Å². The second-order valence-electron chi connectivity index (χ2n) is 6.07. The van der Waals surface area contributed by atoms with Crippen LogP contribution >= 0.6 is 0 Å². The standard InChI is InChI=1S/C18H20N4O4/c1-23-14-4-2-3-5-15(14)25-11-16-20-21-18(26-16)17-13(6-9-24-17)10-22-8-7-19-12-22/h2-5,7-8,12-13,17H,6,9-11H2,1H3/t13-,17-/m0/s1. The molecule has 0 N–H and O–H groups in total. The molecule has 2 aromatic heterocycles. The van der Waals surface area contributed by atoms with Gasteiger partial charge in [0.25, 0.3) is 5.89 Å². The normalized spacial score (nSPS) is 19.6. The van der Waals surface area contributed by atoms with Crippen LogP contribution in [0.3, 0.4) is 0 Å². The summed E-state index contributed by atoms with van der Waals surface area (Å²) in [6.45, 7) is 1.66. The van der Waals surface area contributed by atoms with E-state index in [1.807, 2.05) is 35.0 Å². The van der Waals surface area contributed by atoms with Gasteiger partial charge in [-0.25, -0.2) is 4.98 Å². The summed E-state index contributed by atoms with van der Waals surface area (Å²) in [5.41, 5.74) is 0. The van der Waals surface area contributed by atoms with Gasteiger partial charge in [-0.1, -0.05) is 12.1 Å². The lowest BCUT2D eigenvalue weighted by atomic mass is 10.0. The van der Waals surface area contributed by atoms with Crippen molar-refractivity contribution in [2.45, 2.75) is 25.7 Å². The van der Waals surface area contributed by atoms with Crippen LogP contribution in [-0.4, -0.2) is 33.5 Å². The lowest BCUT2D eigenvalue weighted by molar-refractivity contribution is 0.0617. The highest BCUT2D eigenvalue weighted by molar-refractivity contribution is 5.39. The van der Waals surface area contributed by atoms with Gasteiger partial charge in [0.05, 0.1) is 13.4 Å². The van der Waals surface area contributed by atoms with Crippen LogP contribution in [0.15, 0.2) is 47.4 Å². The molecule has 0 aliphatic carbocycles. The Bertz CT molecular complexity index is 833. The van der Waals surface area contributed by atoms with Gasteiger partial charge in [0.1, 0.15) is 6.10 Å². The van der Waals surface area contributed by atoms with E-state index in [-0.39, 0.29) is 18.6 Å². The number of imidazole rings is 1. The van der Waals surface area contributed by atoms with Crippen molar-refractivity contribution in [3.8, 4) is 11.5 Å². The summed E-state index contributed by atoms with van der Waals surface area (Å²) >= 11 is 0. The van der Waals surface area contributed by atoms with Gasteiger partial charge in [-0.15, -0.1) is 10.2 Å². The zero-order valence-electron chi connectivity index (χ0n) is 14.4. The molecular formula is C18H20N4O4. The van der Waals surface area contributed by atoms with Crippen LogP contribution in [-0.2, 0) is 17.9 Å². The Balaban J connectivity index is 1.41. The highest BCUT2D eigenvalue weighted by Crippen LogP contribution is 2.35. The van der Waals surface area contributed by atoms with Crippen molar-refractivity contribution in [1.82, 2.24) is 19.7 Å². The van der Waals surface area contributed by atoms with Crippen LogP contribution in [0.2, 0.25) is 0 Å². The average Bonchev–Trinajstić information content (AvgIpc) is 3.42. The molecule has 8 heteroatoms. The Morgan fingerprint density at radius 1 is 1.23 bits per heavy atom. The van der Waals surface area contributed by atoms with Crippen molar-refractivity contribution in [2.75, 3.05) is 13.7 Å². The molecule has 1 fully saturated rings. The quantitative estimate of drug-likeness (QED) is 0.643. The third-order valence-electron chi connectivity index (χ3n) is 4.36. The van der Waals surface area contributed by atoms with E-state index in [4.69, 9.17) is 18.6 Å². The summed E-state index contributed by atoms with van der Waals surface area (Å²) in [5.74, 6) is 2.46. The summed E-state index contributed by atoms with van der Waals surface area (Å²) < 4.78 is 24.6. The zero-order valence-corrected chi connectivity index (χ0v) is 14.4. The number of rotatable bonds is 7. The molecule has 1 aromatic carbocycles. The SMILES string of the molecule is COc1ccccc1OCc1nnc([C@H]2OCC[C@H]2Cn2ccnc2)o1. The Kier molecular flexibility index (Phi) is 4.83. The van der Waals surface area contributed by atoms with E-state index >= 15 is 0 Å². The van der Waals surface area contributed by atoms with Gasteiger partial charge < -0.3 is 23.2 Å². The summed E-state index contributed by atoms with van der Waals surface area (Å²) in [6.07, 6.45) is 6.25. The van der Waals surface area contributed by atoms with Crippen molar-refractivity contribution in [1.29, 1.82) is 0 Å². The number of benzene rings is 1. The Morgan fingerprint density at radius 3 is 2.92 bits per heavy atom. The van der Waals surface area contributed by atoms with Crippen molar-refractivity contribution in [3.63, 3.8) is 0 Å². The van der Waals surface area contributed by atoms with Crippen LogP contribution in [0.5, 0.6) is 11.5 Å². The molecule has 26 heavy (non-hydrogen) atoms. The molecule has 136 valence electrons. The minimum absolute atomic E-state index is 0.173. The predicted molar refractivity (Wildman–Crippen MR) is 90.7 cm³/mol. The smallest absolute Gasteiger partial charge is 0.254 e. The molecule has 2 atom stereocenters. The van der Waals surface area contributed by atoms with E-state index in [0.717, 1.165) is 13.0 Å². The minimum Gasteiger partial charge on any atom is -0.493 e. The zero-order chi connectivity index (χ0) is 17.8. The van der Waals surface area contributed by atoms with Gasteiger partial charge in [0, 0.05) is 31.5 Å². The number of para-hydroxylation sites is 2. The first-order chi connectivity index (χ1) is 12.8. The summed E-state index contributed by atoms with van der Waals surface area (Å²) in [7, 11) is 1.60. The Morgan fingerprint density at radius 2 is 2.12 bits per heavy atom. The van der Waals surface area contributed by atoms with Crippen LogP contribution in [0, 0.1) is 5.92 Å². The maximum atomic E-state index is 5.82. The van der Waals surface area contributed by atoms with Gasteiger partial charge >= 0.3 is 0 Å². The van der Waals surface area contributed by atoms with Crippen LogP contribution in [0.4, 0.5) is 0 Å². The third kappa shape index (κ3) is 3.55. The molecule has 8 nitrogen and oxygen atoms in total. The molecule has 0 amide bonds. The number of ether oxygens (including phenoxy) is 3. The lowest BCUT2D eigenvalue weighted by Gasteiger charge is -2.15. The fourth-order valence-electron chi connectivity index (χ4n) is 3.08. The van der Waals surface area contributed by atoms with E-state index in [9.17, 15) is 0 Å². The maximum Gasteiger partial charge on any atom is 0.254 e. The molecular weight excluding hydrogens is 336 g/mol. The monoisotopic (exact) mass is 356 g/mol. The molecule has 1 saturated heterocycles. The van der Waals surface area contributed by atoms with Crippen molar-refractivity contribution >= 4 is 0 Å². The predicted octanol–water partition coefficient (Wildman–Crippen LogP) is 2.63. The van der Waals surface area contributed by atoms with Crippen LogP contribution < -0.4 is 9.47 Å². The van der Waals surface area contributed by atoms with Gasteiger partial charge in [0.15, 0.2) is 18.1 Å². The first-order valence-electron chi connectivity index (χ1n) is 8.49. The number of aromatic nitrogens is 4. The van der Waals surface area contributed by atoms with Crippen molar-refractivity contribution in [2.24, 2.45) is 5.92 Å². The molecule has 1 aliphatic rings. The van der Waals surface area contributed by atoms with Gasteiger partial charge in [-0.05, 0) is 18.6 Å². The number of hydrogen-bond acceptors (Lipinski definition) is 7. The molecule has 0 radical (unpaired) electrons. The Hall–Kier alpha value is -2.87. The average molecular weight is 356 g/mol. The fourth-order valence-corrected chi connectivity index (χ4v) is 3.08. The topological polar surface area (TPSA) is 84.4 Å². The van der Waals surface area contributed by atoms with Crippen molar-refractivity contribution < 1.29 is 18.6 Å². The second-order valence-corrected chi connectivity index (χ2v) is 6.07. The lowest BCUT2D eigenvalue weighted by Crippen LogP contribution is -2.14. The largest absolute Gasteiger partial charge is 0.493 e. The fraction of sp³-hybridized carbons (Fsp3) is 0.389. The molecule has 0 bridgehead atoms. The van der Waals surface area contributed by atoms with Gasteiger partial charge in [-0.3, -0.25) is 0 Å². The van der Waals surface area contributed by atoms with E-state index in [1.54, 1.807) is 19.6 Å². The Labute approximate surface area is 150 Å². The van der Waals surface area contributed by atoms with Gasteiger partial charge in [-0.2, -0.15) is 0 Å². The van der Waals surface area contributed by atoms with E-state index in [2.05, 4.69) is 15.2 Å². The molecule has 3 aromatic rings. The number of methoxy groups -OCH3 is 1. The molecule has 3 heterocycles.